The number of hydrogen-bond donors (Lipinski definition) is 1. The van der Waals surface area contributed by atoms with Gasteiger partial charge in [0, 0.05) is 38.4 Å². The summed E-state index contributed by atoms with van der Waals surface area (Å²) in [5, 5.41) is 14.2. The lowest BCUT2D eigenvalue weighted by Crippen LogP contribution is -2.49. The Labute approximate surface area is 175 Å². The van der Waals surface area contributed by atoms with Crippen molar-refractivity contribution in [1.29, 1.82) is 0 Å². The van der Waals surface area contributed by atoms with Gasteiger partial charge in [-0.15, -0.1) is 5.10 Å². The van der Waals surface area contributed by atoms with Crippen LogP contribution in [0.4, 0.5) is 10.5 Å². The highest BCUT2D eigenvalue weighted by Crippen LogP contribution is 2.20. The molecule has 0 aliphatic carbocycles. The second kappa shape index (κ2) is 8.91. The molecule has 9 heteroatoms. The molecule has 0 bridgehead atoms. The molecule has 9 nitrogen and oxygen atoms in total. The van der Waals surface area contributed by atoms with Crippen LogP contribution in [0.15, 0.2) is 48.8 Å². The summed E-state index contributed by atoms with van der Waals surface area (Å²) in [5.41, 5.74) is 3.78. The lowest BCUT2D eigenvalue weighted by molar-refractivity contribution is 0.143. The van der Waals surface area contributed by atoms with Crippen LogP contribution >= 0.6 is 0 Å². The summed E-state index contributed by atoms with van der Waals surface area (Å²) in [6.45, 7) is 5.88. The summed E-state index contributed by atoms with van der Waals surface area (Å²) in [5.74, 6) is 0.861. The number of hydrogen-bond acceptors (Lipinski definition) is 6. The van der Waals surface area contributed by atoms with Gasteiger partial charge < -0.3 is 15.0 Å². The molecule has 3 aromatic rings. The normalized spacial score (nSPS) is 14.5. The zero-order valence-corrected chi connectivity index (χ0v) is 17.2. The number of methoxy groups -OCH3 is 1. The molecule has 1 saturated heterocycles. The Bertz CT molecular complexity index is 981. The number of nitrogens with zero attached hydrogens (tertiary/aromatic N) is 6. The quantitative estimate of drug-likeness (QED) is 0.698. The largest absolute Gasteiger partial charge is 0.497 e. The fourth-order valence-corrected chi connectivity index (χ4v) is 3.46. The molecule has 156 valence electrons. The van der Waals surface area contributed by atoms with Crippen LogP contribution < -0.4 is 10.1 Å². The standard InChI is InChI=1S/C21H25N7O2/c1-16-3-6-18(28-15-22-24-25-28)13-20(16)23-21(29)27-11-9-26(10-12-27)14-17-4-7-19(30-2)8-5-17/h3-8,13,15H,9-12,14H2,1-2H3,(H,23,29). The Morgan fingerprint density at radius 3 is 2.53 bits per heavy atom. The molecule has 0 saturated carbocycles. The smallest absolute Gasteiger partial charge is 0.321 e. The Morgan fingerprint density at radius 2 is 1.87 bits per heavy atom. The van der Waals surface area contributed by atoms with Crippen molar-refractivity contribution in [3.63, 3.8) is 0 Å². The van der Waals surface area contributed by atoms with Crippen LogP contribution in [0.25, 0.3) is 5.69 Å². The zero-order chi connectivity index (χ0) is 20.9. The van der Waals surface area contributed by atoms with Crippen LogP contribution in [0.5, 0.6) is 5.75 Å². The van der Waals surface area contributed by atoms with Gasteiger partial charge in [-0.05, 0) is 52.7 Å². The molecule has 2 heterocycles. The second-order valence-corrected chi connectivity index (χ2v) is 7.30. The number of aryl methyl sites for hydroxylation is 1. The molecule has 0 radical (unpaired) electrons. The number of amides is 2. The minimum atomic E-state index is -0.0870. The first-order chi connectivity index (χ1) is 14.6. The van der Waals surface area contributed by atoms with Gasteiger partial charge in [0.05, 0.1) is 12.8 Å². The highest BCUT2D eigenvalue weighted by molar-refractivity contribution is 5.90. The van der Waals surface area contributed by atoms with E-state index in [-0.39, 0.29) is 6.03 Å². The van der Waals surface area contributed by atoms with Gasteiger partial charge in [0.15, 0.2) is 0 Å². The first kappa shape index (κ1) is 19.8. The predicted octanol–water partition coefficient (Wildman–Crippen LogP) is 2.33. The minimum absolute atomic E-state index is 0.0870. The highest BCUT2D eigenvalue weighted by Gasteiger charge is 2.21. The van der Waals surface area contributed by atoms with Crippen molar-refractivity contribution in [1.82, 2.24) is 30.0 Å². The van der Waals surface area contributed by atoms with E-state index in [4.69, 9.17) is 4.74 Å². The van der Waals surface area contributed by atoms with Crippen molar-refractivity contribution >= 4 is 11.7 Å². The van der Waals surface area contributed by atoms with Crippen LogP contribution in [0, 0.1) is 6.92 Å². The van der Waals surface area contributed by atoms with E-state index in [1.54, 1.807) is 11.8 Å². The van der Waals surface area contributed by atoms with Gasteiger partial charge in [-0.25, -0.2) is 9.48 Å². The third-order valence-corrected chi connectivity index (χ3v) is 5.30. The van der Waals surface area contributed by atoms with Crippen LogP contribution in [-0.4, -0.2) is 69.3 Å². The fourth-order valence-electron chi connectivity index (χ4n) is 3.46. The highest BCUT2D eigenvalue weighted by atomic mass is 16.5. The first-order valence-electron chi connectivity index (χ1n) is 9.87. The molecule has 1 aliphatic heterocycles. The van der Waals surface area contributed by atoms with E-state index in [9.17, 15) is 4.79 Å². The number of piperazine rings is 1. The predicted molar refractivity (Wildman–Crippen MR) is 113 cm³/mol. The molecular formula is C21H25N7O2. The summed E-state index contributed by atoms with van der Waals surface area (Å²) in [6.07, 6.45) is 1.53. The van der Waals surface area contributed by atoms with Gasteiger partial charge in [0.25, 0.3) is 0 Å². The average Bonchev–Trinajstić information content (AvgIpc) is 3.31. The Hall–Kier alpha value is -3.46. The van der Waals surface area contributed by atoms with E-state index in [2.05, 4.69) is 37.9 Å². The summed E-state index contributed by atoms with van der Waals surface area (Å²) in [7, 11) is 1.67. The van der Waals surface area contributed by atoms with E-state index < -0.39 is 0 Å². The lowest BCUT2D eigenvalue weighted by atomic mass is 10.1. The second-order valence-electron chi connectivity index (χ2n) is 7.30. The third kappa shape index (κ3) is 4.57. The number of aromatic nitrogens is 4. The Balaban J connectivity index is 1.33. The fraction of sp³-hybridized carbons (Fsp3) is 0.333. The molecule has 30 heavy (non-hydrogen) atoms. The molecule has 1 N–H and O–H groups in total. The van der Waals surface area contributed by atoms with E-state index in [0.29, 0.717) is 13.1 Å². The molecule has 4 rings (SSSR count). The van der Waals surface area contributed by atoms with Crippen LogP contribution in [0.3, 0.4) is 0 Å². The van der Waals surface area contributed by atoms with Gasteiger partial charge >= 0.3 is 6.03 Å². The number of urea groups is 1. The molecule has 0 atom stereocenters. The van der Waals surface area contributed by atoms with Crippen molar-refractivity contribution in [3.05, 3.63) is 59.9 Å². The van der Waals surface area contributed by atoms with Crippen molar-refractivity contribution < 1.29 is 9.53 Å². The van der Waals surface area contributed by atoms with Gasteiger partial charge in [-0.3, -0.25) is 4.90 Å². The molecule has 0 spiro atoms. The van der Waals surface area contributed by atoms with E-state index in [0.717, 1.165) is 42.3 Å². The van der Waals surface area contributed by atoms with Gasteiger partial charge in [-0.2, -0.15) is 0 Å². The molecule has 2 aromatic carbocycles. The number of ether oxygens (including phenoxy) is 1. The van der Waals surface area contributed by atoms with Crippen LogP contribution in [-0.2, 0) is 6.54 Å². The summed E-state index contributed by atoms with van der Waals surface area (Å²) < 4.78 is 6.77. The number of tetrazole rings is 1. The number of nitrogens with one attached hydrogen (secondary N) is 1. The maximum atomic E-state index is 12.8. The van der Waals surface area contributed by atoms with Crippen LogP contribution in [0.2, 0.25) is 0 Å². The molecular weight excluding hydrogens is 382 g/mol. The third-order valence-electron chi connectivity index (χ3n) is 5.30. The molecule has 1 aliphatic rings. The summed E-state index contributed by atoms with van der Waals surface area (Å²) in [6, 6.07) is 13.8. The monoisotopic (exact) mass is 407 g/mol. The average molecular weight is 407 g/mol. The van der Waals surface area contributed by atoms with Crippen molar-refractivity contribution in [2.75, 3.05) is 38.6 Å². The topological polar surface area (TPSA) is 88.4 Å². The Kier molecular flexibility index (Phi) is 5.89. The first-order valence-corrected chi connectivity index (χ1v) is 9.87. The number of rotatable bonds is 5. The SMILES string of the molecule is COc1ccc(CN2CCN(C(=O)Nc3cc(-n4cnnn4)ccc3C)CC2)cc1. The number of benzene rings is 2. The van der Waals surface area contributed by atoms with Crippen molar-refractivity contribution in [2.45, 2.75) is 13.5 Å². The van der Waals surface area contributed by atoms with Crippen molar-refractivity contribution in [3.8, 4) is 11.4 Å². The maximum Gasteiger partial charge on any atom is 0.321 e. The maximum absolute atomic E-state index is 12.8. The van der Waals surface area contributed by atoms with E-state index in [1.165, 1.54) is 11.9 Å². The molecule has 2 amide bonds. The zero-order valence-electron chi connectivity index (χ0n) is 17.2. The summed E-state index contributed by atoms with van der Waals surface area (Å²) in [4.78, 5) is 17.0. The van der Waals surface area contributed by atoms with Gasteiger partial charge in [0.2, 0.25) is 0 Å². The number of anilines is 1. The molecule has 0 unspecified atom stereocenters. The molecule has 1 fully saturated rings. The molecule has 1 aromatic heterocycles. The Morgan fingerprint density at radius 1 is 1.10 bits per heavy atom. The van der Waals surface area contributed by atoms with Crippen LogP contribution in [0.1, 0.15) is 11.1 Å². The van der Waals surface area contributed by atoms with E-state index in [1.807, 2.05) is 42.2 Å². The van der Waals surface area contributed by atoms with E-state index >= 15 is 0 Å². The number of carbonyl (C=O) groups is 1. The van der Waals surface area contributed by atoms with Gasteiger partial charge in [0.1, 0.15) is 12.1 Å². The minimum Gasteiger partial charge on any atom is -0.497 e. The van der Waals surface area contributed by atoms with Gasteiger partial charge in [-0.1, -0.05) is 18.2 Å². The summed E-state index contributed by atoms with van der Waals surface area (Å²) >= 11 is 0. The van der Waals surface area contributed by atoms with Crippen molar-refractivity contribution in [2.24, 2.45) is 0 Å². The number of carbonyl (C=O) groups excluding carboxylic acids is 1. The lowest BCUT2D eigenvalue weighted by Gasteiger charge is -2.34.